The first-order valence-corrected chi connectivity index (χ1v) is 8.37. The van der Waals surface area contributed by atoms with Crippen LogP contribution >= 0.6 is 0 Å². The smallest absolute Gasteiger partial charge is 0.00127 e. The van der Waals surface area contributed by atoms with Crippen molar-refractivity contribution < 1.29 is 0 Å². The van der Waals surface area contributed by atoms with E-state index >= 15 is 0 Å². The maximum Gasteiger partial charge on any atom is -0.00127 e. The van der Waals surface area contributed by atoms with Gasteiger partial charge in [0.05, 0.1) is 0 Å². The maximum absolute atomic E-state index is 3.36. The van der Waals surface area contributed by atoms with Crippen molar-refractivity contribution in [3.8, 4) is 0 Å². The highest BCUT2D eigenvalue weighted by Crippen LogP contribution is 1.80. The van der Waals surface area contributed by atoms with E-state index in [-0.39, 0.29) is 0 Å². The van der Waals surface area contributed by atoms with Gasteiger partial charge in [-0.05, 0) is 46.6 Å². The van der Waals surface area contributed by atoms with Gasteiger partial charge in [0.2, 0.25) is 0 Å². The van der Waals surface area contributed by atoms with Crippen LogP contribution in [-0.2, 0) is 0 Å². The van der Waals surface area contributed by atoms with Crippen molar-refractivity contribution >= 4 is 0 Å². The molecule has 1 N–H and O–H groups in total. The minimum absolute atomic E-state index is 1.16. The van der Waals surface area contributed by atoms with Crippen LogP contribution in [0.2, 0.25) is 0 Å². The van der Waals surface area contributed by atoms with Crippen molar-refractivity contribution in [1.82, 2.24) is 10.2 Å². The summed E-state index contributed by atoms with van der Waals surface area (Å²) < 4.78 is 0. The summed E-state index contributed by atoms with van der Waals surface area (Å²) in [6.45, 7) is 18.5. The van der Waals surface area contributed by atoms with E-state index < -0.39 is 0 Å². The van der Waals surface area contributed by atoms with E-state index in [1.54, 1.807) is 0 Å². The lowest BCUT2D eigenvalue weighted by atomic mass is 10.4. The molecule has 0 fully saturated rings. The van der Waals surface area contributed by atoms with Crippen LogP contribution in [0, 0.1) is 0 Å². The largest absolute Gasteiger partial charge is 0.317 e. The van der Waals surface area contributed by atoms with Gasteiger partial charge in [0, 0.05) is 0 Å². The van der Waals surface area contributed by atoms with Crippen molar-refractivity contribution in [2.24, 2.45) is 0 Å². The molecular weight excluding hydrogens is 232 g/mol. The summed E-state index contributed by atoms with van der Waals surface area (Å²) >= 11 is 0. The van der Waals surface area contributed by atoms with Gasteiger partial charge < -0.3 is 10.2 Å². The molecule has 0 aromatic carbocycles. The van der Waals surface area contributed by atoms with Crippen LogP contribution in [0.1, 0.15) is 80.6 Å². The SMILES string of the molecule is CCC.CCC.CCC.CCCNCCCN(C)C. The molecule has 19 heavy (non-hydrogen) atoms. The molecule has 0 aliphatic rings. The van der Waals surface area contributed by atoms with E-state index in [0.29, 0.717) is 0 Å². The molecule has 0 aliphatic heterocycles. The summed E-state index contributed by atoms with van der Waals surface area (Å²) in [7, 11) is 4.22. The van der Waals surface area contributed by atoms with Gasteiger partial charge in [0.25, 0.3) is 0 Å². The van der Waals surface area contributed by atoms with Crippen LogP contribution < -0.4 is 5.32 Å². The Morgan fingerprint density at radius 1 is 0.684 bits per heavy atom. The van der Waals surface area contributed by atoms with Crippen LogP contribution in [0.3, 0.4) is 0 Å². The zero-order valence-electron chi connectivity index (χ0n) is 15.6. The lowest BCUT2D eigenvalue weighted by molar-refractivity contribution is 0.394. The molecule has 0 rings (SSSR count). The Morgan fingerprint density at radius 3 is 1.32 bits per heavy atom. The monoisotopic (exact) mass is 276 g/mol. The van der Waals surface area contributed by atoms with Gasteiger partial charge in [-0.3, -0.25) is 0 Å². The standard InChI is InChI=1S/C8H20N2.3C3H8/c1-4-6-9-7-5-8-10(2)3;3*1-3-2/h9H,4-8H2,1-3H3;3*3H2,1-2H3. The number of rotatable bonds is 6. The minimum Gasteiger partial charge on any atom is -0.317 e. The van der Waals surface area contributed by atoms with Crippen LogP contribution in [0.25, 0.3) is 0 Å². The molecule has 0 amide bonds. The van der Waals surface area contributed by atoms with Crippen LogP contribution in [-0.4, -0.2) is 38.6 Å². The molecule has 0 radical (unpaired) electrons. The molecule has 0 saturated carbocycles. The number of hydrogen-bond donors (Lipinski definition) is 1. The van der Waals surface area contributed by atoms with Gasteiger partial charge in [-0.2, -0.15) is 0 Å². The predicted molar refractivity (Wildman–Crippen MR) is 94.2 cm³/mol. The third-order valence-corrected chi connectivity index (χ3v) is 1.39. The van der Waals surface area contributed by atoms with Gasteiger partial charge in [-0.15, -0.1) is 0 Å². The third kappa shape index (κ3) is 94.8. The molecule has 0 aromatic heterocycles. The Bertz CT molecular complexity index is 88.5. The zero-order valence-corrected chi connectivity index (χ0v) is 15.6. The maximum atomic E-state index is 3.36. The number of hydrogen-bond acceptors (Lipinski definition) is 2. The summed E-state index contributed by atoms with van der Waals surface area (Å²) in [6.07, 6.45) is 6.25. The first-order valence-electron chi connectivity index (χ1n) is 8.37. The van der Waals surface area contributed by atoms with Crippen molar-refractivity contribution in [3.05, 3.63) is 0 Å². The molecule has 2 nitrogen and oxygen atoms in total. The van der Waals surface area contributed by atoms with Crippen LogP contribution in [0.15, 0.2) is 0 Å². The van der Waals surface area contributed by atoms with E-state index in [9.17, 15) is 0 Å². The van der Waals surface area contributed by atoms with Crippen molar-refractivity contribution in [3.63, 3.8) is 0 Å². The van der Waals surface area contributed by atoms with E-state index in [1.165, 1.54) is 38.6 Å². The molecule has 0 bridgehead atoms. The highest BCUT2D eigenvalue weighted by atomic mass is 15.0. The molecular formula is C17H44N2. The summed E-state index contributed by atoms with van der Waals surface area (Å²) in [4.78, 5) is 2.22. The first kappa shape index (κ1) is 27.3. The fourth-order valence-electron chi connectivity index (χ4n) is 0.822. The Kier molecular flexibility index (Phi) is 51.9. The molecule has 0 atom stereocenters. The summed E-state index contributed by atoms with van der Waals surface area (Å²) in [5.74, 6) is 0. The highest BCUT2D eigenvalue weighted by Gasteiger charge is 1.88. The Balaban J connectivity index is -0.000000103. The fraction of sp³-hybridized carbons (Fsp3) is 1.00. The van der Waals surface area contributed by atoms with Gasteiger partial charge in [0.1, 0.15) is 0 Å². The lowest BCUT2D eigenvalue weighted by Crippen LogP contribution is -2.21. The first-order chi connectivity index (χ1) is 9.01. The number of nitrogens with zero attached hydrogens (tertiary/aromatic N) is 1. The van der Waals surface area contributed by atoms with Gasteiger partial charge in [-0.25, -0.2) is 0 Å². The second kappa shape index (κ2) is 36.1. The van der Waals surface area contributed by atoms with Crippen LogP contribution in [0.5, 0.6) is 0 Å². The van der Waals surface area contributed by atoms with E-state index in [0.717, 1.165) is 13.1 Å². The topological polar surface area (TPSA) is 15.3 Å². The van der Waals surface area contributed by atoms with Crippen molar-refractivity contribution in [2.75, 3.05) is 33.7 Å². The van der Waals surface area contributed by atoms with Gasteiger partial charge >= 0.3 is 0 Å². The number of nitrogens with one attached hydrogen (secondary N) is 1. The van der Waals surface area contributed by atoms with Gasteiger partial charge in [-0.1, -0.05) is 67.7 Å². The lowest BCUT2D eigenvalue weighted by Gasteiger charge is -2.08. The minimum atomic E-state index is 1.16. The molecule has 0 heterocycles. The summed E-state index contributed by atoms with van der Waals surface area (Å²) in [6, 6.07) is 0. The highest BCUT2D eigenvalue weighted by molar-refractivity contribution is 4.48. The Morgan fingerprint density at radius 2 is 1.05 bits per heavy atom. The molecule has 2 heteroatoms. The predicted octanol–water partition coefficient (Wildman–Crippen LogP) is 5.19. The molecule has 122 valence electrons. The summed E-state index contributed by atoms with van der Waals surface area (Å²) in [5, 5.41) is 3.36. The quantitative estimate of drug-likeness (QED) is 0.672. The van der Waals surface area contributed by atoms with Crippen molar-refractivity contribution in [1.29, 1.82) is 0 Å². The normalized spacial score (nSPS) is 8.53. The van der Waals surface area contributed by atoms with Crippen molar-refractivity contribution in [2.45, 2.75) is 80.6 Å². The second-order valence-electron chi connectivity index (χ2n) is 5.03. The average molecular weight is 277 g/mol. The van der Waals surface area contributed by atoms with Crippen LogP contribution in [0.4, 0.5) is 0 Å². The van der Waals surface area contributed by atoms with E-state index in [2.05, 4.69) is 72.8 Å². The Hall–Kier alpha value is -0.0800. The molecule has 0 saturated heterocycles. The molecule has 0 unspecified atom stereocenters. The molecule has 0 aromatic rings. The van der Waals surface area contributed by atoms with E-state index in [4.69, 9.17) is 0 Å². The fourth-order valence-corrected chi connectivity index (χ4v) is 0.822. The van der Waals surface area contributed by atoms with Gasteiger partial charge in [0.15, 0.2) is 0 Å². The molecule has 0 aliphatic carbocycles. The Labute approximate surface area is 125 Å². The third-order valence-electron chi connectivity index (χ3n) is 1.39. The average Bonchev–Trinajstić information content (AvgIpc) is 2.31. The summed E-state index contributed by atoms with van der Waals surface area (Å²) in [5.41, 5.74) is 0. The second-order valence-corrected chi connectivity index (χ2v) is 5.03. The molecule has 0 spiro atoms. The van der Waals surface area contributed by atoms with E-state index in [1.807, 2.05) is 0 Å². The zero-order chi connectivity index (χ0) is 15.9.